The van der Waals surface area contributed by atoms with Gasteiger partial charge in [0.15, 0.2) is 0 Å². The molecule has 0 saturated carbocycles. The largest absolute Gasteiger partial charge is 0.346 e. The van der Waals surface area contributed by atoms with Crippen molar-refractivity contribution in [2.45, 2.75) is 19.4 Å². The van der Waals surface area contributed by atoms with Crippen molar-refractivity contribution in [3.8, 4) is 11.3 Å². The minimum Gasteiger partial charge on any atom is -0.346 e. The molecule has 130 valence electrons. The number of aromatic nitrogens is 2. The molecule has 0 bridgehead atoms. The lowest BCUT2D eigenvalue weighted by Gasteiger charge is -2.15. The first-order chi connectivity index (χ1) is 11.9. The van der Waals surface area contributed by atoms with Crippen molar-refractivity contribution in [2.75, 3.05) is 13.1 Å². The molecule has 8 heteroatoms. The molecule has 6 nitrogen and oxygen atoms in total. The van der Waals surface area contributed by atoms with Crippen molar-refractivity contribution in [1.82, 2.24) is 20.2 Å². The number of likely N-dealkylation sites (tertiary alicyclic amines) is 1. The Kier molecular flexibility index (Phi) is 5.20. The highest BCUT2D eigenvalue weighted by atomic mass is 35.5. The van der Waals surface area contributed by atoms with Crippen molar-refractivity contribution in [2.24, 2.45) is 0 Å². The summed E-state index contributed by atoms with van der Waals surface area (Å²) in [5, 5.41) is 3.78. The summed E-state index contributed by atoms with van der Waals surface area (Å²) in [5.74, 6) is -0.278. The molecule has 1 aromatic heterocycles. The number of rotatable bonds is 3. The van der Waals surface area contributed by atoms with Gasteiger partial charge in [-0.2, -0.15) is 0 Å². The predicted molar refractivity (Wildman–Crippen MR) is 95.6 cm³/mol. The number of hydrogen-bond donors (Lipinski definition) is 1. The SMILES string of the molecule is CC(=O)N1CC[C@H](NC(=O)c2cc(-c3ccc(Cl)c(Cl)c3)ncn2)C1. The van der Waals surface area contributed by atoms with Crippen LogP contribution in [0.4, 0.5) is 0 Å². The molecule has 0 aliphatic carbocycles. The van der Waals surface area contributed by atoms with Crippen LogP contribution in [0.5, 0.6) is 0 Å². The van der Waals surface area contributed by atoms with Crippen molar-refractivity contribution in [1.29, 1.82) is 0 Å². The molecule has 1 aliphatic rings. The van der Waals surface area contributed by atoms with E-state index in [1.807, 2.05) is 0 Å². The van der Waals surface area contributed by atoms with Gasteiger partial charge in [-0.15, -0.1) is 0 Å². The highest BCUT2D eigenvalue weighted by Gasteiger charge is 2.26. The fourth-order valence-corrected chi connectivity index (χ4v) is 3.02. The van der Waals surface area contributed by atoms with Gasteiger partial charge in [-0.05, 0) is 24.6 Å². The second-order valence-corrected chi connectivity index (χ2v) is 6.66. The van der Waals surface area contributed by atoms with E-state index in [4.69, 9.17) is 23.2 Å². The van der Waals surface area contributed by atoms with Crippen molar-refractivity contribution in [3.05, 3.63) is 46.3 Å². The smallest absolute Gasteiger partial charge is 0.270 e. The van der Waals surface area contributed by atoms with E-state index in [0.717, 1.165) is 12.0 Å². The van der Waals surface area contributed by atoms with Crippen LogP contribution >= 0.6 is 23.2 Å². The Labute approximate surface area is 155 Å². The van der Waals surface area contributed by atoms with E-state index in [1.165, 1.54) is 13.3 Å². The molecular weight excluding hydrogens is 363 g/mol. The molecule has 2 heterocycles. The Bertz CT molecular complexity index is 828. The number of hydrogen-bond acceptors (Lipinski definition) is 4. The normalized spacial score (nSPS) is 16.8. The van der Waals surface area contributed by atoms with Crippen LogP contribution < -0.4 is 5.32 Å². The molecule has 1 saturated heterocycles. The van der Waals surface area contributed by atoms with Gasteiger partial charge in [-0.3, -0.25) is 9.59 Å². The van der Waals surface area contributed by atoms with Gasteiger partial charge in [-0.25, -0.2) is 9.97 Å². The van der Waals surface area contributed by atoms with E-state index in [0.29, 0.717) is 28.8 Å². The Morgan fingerprint density at radius 3 is 2.68 bits per heavy atom. The summed E-state index contributed by atoms with van der Waals surface area (Å²) in [6.07, 6.45) is 2.07. The third-order valence-electron chi connectivity index (χ3n) is 4.08. The minimum atomic E-state index is -0.292. The molecule has 1 N–H and O–H groups in total. The summed E-state index contributed by atoms with van der Waals surface area (Å²) in [7, 11) is 0. The molecule has 0 spiro atoms. The van der Waals surface area contributed by atoms with E-state index >= 15 is 0 Å². The van der Waals surface area contributed by atoms with Crippen LogP contribution in [0.3, 0.4) is 0 Å². The lowest BCUT2D eigenvalue weighted by Crippen LogP contribution is -2.38. The number of benzene rings is 1. The maximum Gasteiger partial charge on any atom is 0.270 e. The predicted octanol–water partition coefficient (Wildman–Crippen LogP) is 2.80. The van der Waals surface area contributed by atoms with E-state index in [1.54, 1.807) is 29.2 Å². The number of carbonyl (C=O) groups is 2. The molecule has 1 atom stereocenters. The first kappa shape index (κ1) is 17.6. The second kappa shape index (κ2) is 7.37. The minimum absolute atomic E-state index is 0.0145. The lowest BCUT2D eigenvalue weighted by atomic mass is 10.1. The summed E-state index contributed by atoms with van der Waals surface area (Å²) in [6, 6.07) is 6.68. The van der Waals surface area contributed by atoms with Gasteiger partial charge in [0.1, 0.15) is 12.0 Å². The summed E-state index contributed by atoms with van der Waals surface area (Å²) >= 11 is 12.0. The van der Waals surface area contributed by atoms with Gasteiger partial charge in [-0.1, -0.05) is 29.3 Å². The van der Waals surface area contributed by atoms with Crippen LogP contribution in [0.25, 0.3) is 11.3 Å². The van der Waals surface area contributed by atoms with Gasteiger partial charge in [0, 0.05) is 31.6 Å². The average Bonchev–Trinajstić information content (AvgIpc) is 3.06. The van der Waals surface area contributed by atoms with Crippen LogP contribution in [0.1, 0.15) is 23.8 Å². The third kappa shape index (κ3) is 4.08. The van der Waals surface area contributed by atoms with Crippen LogP contribution in [0.15, 0.2) is 30.6 Å². The average molecular weight is 379 g/mol. The molecule has 25 heavy (non-hydrogen) atoms. The molecule has 1 aromatic carbocycles. The van der Waals surface area contributed by atoms with Gasteiger partial charge in [0.2, 0.25) is 5.91 Å². The second-order valence-electron chi connectivity index (χ2n) is 5.84. The fourth-order valence-electron chi connectivity index (χ4n) is 2.72. The summed E-state index contributed by atoms with van der Waals surface area (Å²) in [6.45, 7) is 2.70. The lowest BCUT2D eigenvalue weighted by molar-refractivity contribution is -0.127. The monoisotopic (exact) mass is 378 g/mol. The standard InChI is InChI=1S/C17H16Cl2N4O2/c1-10(24)23-5-4-12(8-23)22-17(25)16-7-15(20-9-21-16)11-2-3-13(18)14(19)6-11/h2-3,6-7,9,12H,4-5,8H2,1H3,(H,22,25)/t12-/m0/s1. The molecule has 2 aromatic rings. The van der Waals surface area contributed by atoms with E-state index in [-0.39, 0.29) is 23.6 Å². The summed E-state index contributed by atoms with van der Waals surface area (Å²) in [4.78, 5) is 33.7. The maximum absolute atomic E-state index is 12.4. The number of nitrogens with zero attached hydrogens (tertiary/aromatic N) is 3. The highest BCUT2D eigenvalue weighted by Crippen LogP contribution is 2.27. The van der Waals surface area contributed by atoms with Crippen LogP contribution in [0.2, 0.25) is 10.0 Å². The molecule has 1 aliphatic heterocycles. The van der Waals surface area contributed by atoms with Crippen LogP contribution in [0, 0.1) is 0 Å². The summed E-state index contributed by atoms with van der Waals surface area (Å²) < 4.78 is 0. The number of halogens is 2. The molecule has 0 radical (unpaired) electrons. The fraction of sp³-hybridized carbons (Fsp3) is 0.294. The Balaban J connectivity index is 1.74. The third-order valence-corrected chi connectivity index (χ3v) is 4.82. The first-order valence-electron chi connectivity index (χ1n) is 7.78. The highest BCUT2D eigenvalue weighted by molar-refractivity contribution is 6.42. The zero-order chi connectivity index (χ0) is 18.0. The van der Waals surface area contributed by atoms with E-state index in [2.05, 4.69) is 15.3 Å². The van der Waals surface area contributed by atoms with Gasteiger partial charge in [0.25, 0.3) is 5.91 Å². The van der Waals surface area contributed by atoms with E-state index in [9.17, 15) is 9.59 Å². The number of carbonyl (C=O) groups excluding carboxylic acids is 2. The molecule has 1 fully saturated rings. The molecule has 0 unspecified atom stereocenters. The number of amides is 2. The Morgan fingerprint density at radius 1 is 1.20 bits per heavy atom. The zero-order valence-electron chi connectivity index (χ0n) is 13.5. The Hall–Kier alpha value is -2.18. The Morgan fingerprint density at radius 2 is 2.00 bits per heavy atom. The van der Waals surface area contributed by atoms with Gasteiger partial charge >= 0.3 is 0 Å². The number of nitrogens with one attached hydrogen (secondary N) is 1. The van der Waals surface area contributed by atoms with Gasteiger partial charge < -0.3 is 10.2 Å². The summed E-state index contributed by atoms with van der Waals surface area (Å²) in [5.41, 5.74) is 1.59. The zero-order valence-corrected chi connectivity index (χ0v) is 15.0. The van der Waals surface area contributed by atoms with Crippen LogP contribution in [-0.4, -0.2) is 45.8 Å². The van der Waals surface area contributed by atoms with E-state index < -0.39 is 0 Å². The molecule has 2 amide bonds. The van der Waals surface area contributed by atoms with Crippen molar-refractivity contribution in [3.63, 3.8) is 0 Å². The topological polar surface area (TPSA) is 75.2 Å². The quantitative estimate of drug-likeness (QED) is 0.890. The van der Waals surface area contributed by atoms with Crippen LogP contribution in [-0.2, 0) is 4.79 Å². The molecular formula is C17H16Cl2N4O2. The first-order valence-corrected chi connectivity index (χ1v) is 8.53. The maximum atomic E-state index is 12.4. The van der Waals surface area contributed by atoms with Crippen molar-refractivity contribution >= 4 is 35.0 Å². The molecule has 3 rings (SSSR count). The van der Waals surface area contributed by atoms with Crippen molar-refractivity contribution < 1.29 is 9.59 Å². The van der Waals surface area contributed by atoms with Gasteiger partial charge in [0.05, 0.1) is 15.7 Å².